The summed E-state index contributed by atoms with van der Waals surface area (Å²) in [6.07, 6.45) is 4.40. The number of aromatic nitrogens is 2. The fourth-order valence-corrected chi connectivity index (χ4v) is 2.71. The first-order valence-electron chi connectivity index (χ1n) is 7.25. The van der Waals surface area contributed by atoms with Crippen molar-refractivity contribution < 1.29 is 9.90 Å². The Morgan fingerprint density at radius 3 is 2.80 bits per heavy atom. The van der Waals surface area contributed by atoms with Gasteiger partial charge in [0.2, 0.25) is 0 Å². The van der Waals surface area contributed by atoms with Gasteiger partial charge in [-0.1, -0.05) is 19.9 Å². The van der Waals surface area contributed by atoms with E-state index in [1.165, 1.54) is 12.8 Å². The Bertz CT molecular complexity index is 668. The fraction of sp³-hybridized carbons (Fsp3) is 0.500. The number of carboxylic acids is 1. The maximum atomic E-state index is 11.3. The topological polar surface area (TPSA) is 55.1 Å². The molecule has 1 aliphatic rings. The predicted octanol–water partition coefficient (Wildman–Crippen LogP) is 3.49. The van der Waals surface area contributed by atoms with Crippen LogP contribution in [0.4, 0.5) is 0 Å². The molecule has 0 aliphatic heterocycles. The molecule has 1 heterocycles. The van der Waals surface area contributed by atoms with Crippen LogP contribution in [0.5, 0.6) is 0 Å². The molecule has 1 saturated carbocycles. The third kappa shape index (κ3) is 2.19. The van der Waals surface area contributed by atoms with Crippen LogP contribution in [0, 0.1) is 5.41 Å². The highest BCUT2D eigenvalue weighted by molar-refractivity contribution is 6.01. The van der Waals surface area contributed by atoms with Crippen LogP contribution in [0.2, 0.25) is 0 Å². The number of carboxylic acid groups (broad SMARTS) is 1. The number of fused-ring (bicyclic) bond motifs is 1. The molecule has 0 amide bonds. The van der Waals surface area contributed by atoms with Crippen molar-refractivity contribution in [3.05, 3.63) is 29.6 Å². The second kappa shape index (κ2) is 4.62. The van der Waals surface area contributed by atoms with Crippen molar-refractivity contribution >= 4 is 17.0 Å². The fourth-order valence-electron chi connectivity index (χ4n) is 2.71. The van der Waals surface area contributed by atoms with Gasteiger partial charge >= 0.3 is 5.97 Å². The molecule has 0 bridgehead atoms. The molecule has 1 aromatic heterocycles. The summed E-state index contributed by atoms with van der Waals surface area (Å²) in [6.45, 7) is 5.36. The zero-order valence-electron chi connectivity index (χ0n) is 12.0. The van der Waals surface area contributed by atoms with Crippen molar-refractivity contribution in [2.75, 3.05) is 0 Å². The molecule has 0 saturated heterocycles. The average molecular weight is 272 g/mol. The molecule has 106 valence electrons. The number of hydrogen-bond acceptors (Lipinski definition) is 2. The Morgan fingerprint density at radius 2 is 2.20 bits per heavy atom. The van der Waals surface area contributed by atoms with Crippen molar-refractivity contribution in [3.63, 3.8) is 0 Å². The quantitative estimate of drug-likeness (QED) is 0.906. The van der Waals surface area contributed by atoms with Crippen LogP contribution in [-0.2, 0) is 13.0 Å². The normalized spacial score (nSPS) is 16.5. The third-order valence-electron chi connectivity index (χ3n) is 4.21. The first-order valence-corrected chi connectivity index (χ1v) is 7.25. The van der Waals surface area contributed by atoms with E-state index < -0.39 is 5.97 Å². The summed E-state index contributed by atoms with van der Waals surface area (Å²) in [5.74, 6) is 0.116. The molecule has 2 aromatic rings. The van der Waals surface area contributed by atoms with Crippen molar-refractivity contribution in [3.8, 4) is 0 Å². The van der Waals surface area contributed by atoms with Crippen LogP contribution < -0.4 is 0 Å². The monoisotopic (exact) mass is 272 g/mol. The maximum Gasteiger partial charge on any atom is 0.337 e. The van der Waals surface area contributed by atoms with E-state index in [4.69, 9.17) is 0 Å². The lowest BCUT2D eigenvalue weighted by Gasteiger charge is -2.13. The van der Waals surface area contributed by atoms with Gasteiger partial charge in [0.25, 0.3) is 0 Å². The second-order valence-electron chi connectivity index (χ2n) is 6.15. The lowest BCUT2D eigenvalue weighted by atomic mass is 10.1. The summed E-state index contributed by atoms with van der Waals surface area (Å²) in [6, 6.07) is 5.44. The van der Waals surface area contributed by atoms with E-state index in [9.17, 15) is 9.90 Å². The standard InChI is InChI=1S/C16H20N2O2/c1-3-5-13-17-14-11(15(19)20)6-4-7-12(14)18(13)10-16(2)8-9-16/h4,6-7H,3,5,8-10H2,1-2H3,(H,19,20). The van der Waals surface area contributed by atoms with Crippen LogP contribution in [0.3, 0.4) is 0 Å². The smallest absolute Gasteiger partial charge is 0.337 e. The first-order chi connectivity index (χ1) is 9.54. The van der Waals surface area contributed by atoms with Crippen LogP contribution in [0.1, 0.15) is 49.3 Å². The number of hydrogen-bond donors (Lipinski definition) is 1. The Labute approximate surface area is 118 Å². The van der Waals surface area contributed by atoms with E-state index in [1.54, 1.807) is 6.07 Å². The number of rotatable bonds is 5. The van der Waals surface area contributed by atoms with Gasteiger partial charge in [-0.05, 0) is 36.8 Å². The Hall–Kier alpha value is -1.84. The zero-order valence-corrected chi connectivity index (χ0v) is 12.0. The van der Waals surface area contributed by atoms with Crippen LogP contribution in [-0.4, -0.2) is 20.6 Å². The zero-order chi connectivity index (χ0) is 14.3. The van der Waals surface area contributed by atoms with E-state index in [2.05, 4.69) is 23.4 Å². The van der Waals surface area contributed by atoms with E-state index in [-0.39, 0.29) is 0 Å². The highest BCUT2D eigenvalue weighted by Gasteiger charge is 2.38. The number of imidazole rings is 1. The molecule has 1 N–H and O–H groups in total. The van der Waals surface area contributed by atoms with E-state index >= 15 is 0 Å². The number of aryl methyl sites for hydroxylation is 1. The molecule has 1 aliphatic carbocycles. The van der Waals surface area contributed by atoms with Gasteiger partial charge in [0.05, 0.1) is 11.1 Å². The summed E-state index contributed by atoms with van der Waals surface area (Å²) < 4.78 is 2.23. The molecular weight excluding hydrogens is 252 g/mol. The van der Waals surface area contributed by atoms with Crippen molar-refractivity contribution in [2.24, 2.45) is 5.41 Å². The number of nitrogens with zero attached hydrogens (tertiary/aromatic N) is 2. The van der Waals surface area contributed by atoms with Gasteiger partial charge in [-0.3, -0.25) is 0 Å². The largest absolute Gasteiger partial charge is 0.478 e. The van der Waals surface area contributed by atoms with Crippen LogP contribution in [0.25, 0.3) is 11.0 Å². The number of para-hydroxylation sites is 1. The van der Waals surface area contributed by atoms with Crippen LogP contribution in [0.15, 0.2) is 18.2 Å². The lowest BCUT2D eigenvalue weighted by Crippen LogP contribution is -2.11. The van der Waals surface area contributed by atoms with Gasteiger partial charge in [0, 0.05) is 13.0 Å². The molecule has 1 aromatic carbocycles. The highest BCUT2D eigenvalue weighted by atomic mass is 16.4. The summed E-state index contributed by atoms with van der Waals surface area (Å²) in [5.41, 5.74) is 2.27. The molecule has 4 nitrogen and oxygen atoms in total. The maximum absolute atomic E-state index is 11.3. The Kier molecular flexibility index (Phi) is 3.04. The Balaban J connectivity index is 2.16. The number of benzene rings is 1. The number of carbonyl (C=O) groups is 1. The molecule has 0 radical (unpaired) electrons. The molecule has 1 fully saturated rings. The average Bonchev–Trinajstić information content (AvgIpc) is 3.04. The van der Waals surface area contributed by atoms with Gasteiger partial charge in [-0.25, -0.2) is 9.78 Å². The van der Waals surface area contributed by atoms with Gasteiger partial charge in [0.1, 0.15) is 11.3 Å². The van der Waals surface area contributed by atoms with Gasteiger partial charge in [-0.2, -0.15) is 0 Å². The molecular formula is C16H20N2O2. The van der Waals surface area contributed by atoms with Gasteiger partial charge in [-0.15, -0.1) is 0 Å². The lowest BCUT2D eigenvalue weighted by molar-refractivity contribution is 0.0699. The van der Waals surface area contributed by atoms with E-state index in [0.717, 1.165) is 30.7 Å². The molecule has 0 unspecified atom stereocenters. The van der Waals surface area contributed by atoms with Crippen molar-refractivity contribution in [1.82, 2.24) is 9.55 Å². The molecule has 3 rings (SSSR count). The molecule has 4 heteroatoms. The summed E-state index contributed by atoms with van der Waals surface area (Å²) in [7, 11) is 0. The molecule has 0 atom stereocenters. The minimum atomic E-state index is -0.902. The summed E-state index contributed by atoms with van der Waals surface area (Å²) in [4.78, 5) is 16.0. The van der Waals surface area contributed by atoms with Gasteiger partial charge < -0.3 is 9.67 Å². The minimum absolute atomic E-state index is 0.305. The predicted molar refractivity (Wildman–Crippen MR) is 78.0 cm³/mol. The first kappa shape index (κ1) is 13.2. The molecule has 20 heavy (non-hydrogen) atoms. The van der Waals surface area contributed by atoms with Crippen molar-refractivity contribution in [1.29, 1.82) is 0 Å². The van der Waals surface area contributed by atoms with Gasteiger partial charge in [0.15, 0.2) is 0 Å². The van der Waals surface area contributed by atoms with E-state index in [1.807, 2.05) is 12.1 Å². The molecule has 0 spiro atoms. The summed E-state index contributed by atoms with van der Waals surface area (Å²) in [5, 5.41) is 9.31. The van der Waals surface area contributed by atoms with E-state index in [0.29, 0.717) is 16.5 Å². The minimum Gasteiger partial charge on any atom is -0.478 e. The highest BCUT2D eigenvalue weighted by Crippen LogP contribution is 2.47. The van der Waals surface area contributed by atoms with Crippen LogP contribution >= 0.6 is 0 Å². The Morgan fingerprint density at radius 1 is 1.45 bits per heavy atom. The van der Waals surface area contributed by atoms with Crippen molar-refractivity contribution in [2.45, 2.75) is 46.1 Å². The number of aromatic carboxylic acids is 1. The second-order valence-corrected chi connectivity index (χ2v) is 6.15. The third-order valence-corrected chi connectivity index (χ3v) is 4.21. The SMILES string of the molecule is CCCc1nc2c(C(=O)O)cccc2n1CC1(C)CC1. The summed E-state index contributed by atoms with van der Waals surface area (Å²) >= 11 is 0.